The lowest BCUT2D eigenvalue weighted by molar-refractivity contribution is 0.0680. The van der Waals surface area contributed by atoms with Crippen molar-refractivity contribution in [3.8, 4) is 5.75 Å². The summed E-state index contributed by atoms with van der Waals surface area (Å²) in [6.07, 6.45) is 3.55. The second kappa shape index (κ2) is 6.48. The number of carbonyl (C=O) groups excluding carboxylic acids is 1. The fourth-order valence-corrected chi connectivity index (χ4v) is 2.28. The number of nitrogens with one attached hydrogen (secondary N) is 3. The van der Waals surface area contributed by atoms with E-state index in [1.54, 1.807) is 18.2 Å². The van der Waals surface area contributed by atoms with E-state index < -0.39 is 11.6 Å². The Hall–Kier alpha value is -2.54. The average molecular weight is 303 g/mol. The zero-order chi connectivity index (χ0) is 15.4. The van der Waals surface area contributed by atoms with Crippen LogP contribution in [0.2, 0.25) is 0 Å². The first-order valence-corrected chi connectivity index (χ1v) is 7.14. The molecule has 0 bridgehead atoms. The maximum Gasteiger partial charge on any atom is 0.323 e. The maximum atomic E-state index is 11.9. The van der Waals surface area contributed by atoms with Crippen molar-refractivity contribution in [3.63, 3.8) is 0 Å². The second-order valence-corrected chi connectivity index (χ2v) is 5.08. The van der Waals surface area contributed by atoms with Gasteiger partial charge in [0.2, 0.25) is 0 Å². The number of carbonyl (C=O) groups is 1. The van der Waals surface area contributed by atoms with Crippen LogP contribution in [0.25, 0.3) is 0 Å². The summed E-state index contributed by atoms with van der Waals surface area (Å²) in [4.78, 5) is 27.7. The number of aromatic nitrogens is 2. The molecule has 3 rings (SSSR count). The largest absolute Gasteiger partial charge is 0.491 e. The first-order valence-electron chi connectivity index (χ1n) is 7.14. The van der Waals surface area contributed by atoms with Crippen LogP contribution in [0.3, 0.4) is 0 Å². The van der Waals surface area contributed by atoms with Crippen LogP contribution in [0.15, 0.2) is 35.3 Å². The minimum atomic E-state index is -0.418. The summed E-state index contributed by atoms with van der Waals surface area (Å²) in [6.45, 7) is 1.29. The van der Waals surface area contributed by atoms with Crippen LogP contribution in [-0.4, -0.2) is 35.2 Å². The van der Waals surface area contributed by atoms with Gasteiger partial charge in [0.05, 0.1) is 6.10 Å². The second-order valence-electron chi connectivity index (χ2n) is 5.08. The molecule has 2 heterocycles. The van der Waals surface area contributed by atoms with Crippen LogP contribution in [0.1, 0.15) is 23.3 Å². The Morgan fingerprint density at radius 3 is 3.09 bits per heavy atom. The maximum absolute atomic E-state index is 11.9. The quantitative estimate of drug-likeness (QED) is 0.780. The topological polar surface area (TPSA) is 96.2 Å². The van der Waals surface area contributed by atoms with E-state index in [0.717, 1.165) is 19.4 Å². The predicted molar refractivity (Wildman–Crippen MR) is 80.3 cm³/mol. The zero-order valence-corrected chi connectivity index (χ0v) is 11.9. The van der Waals surface area contributed by atoms with Gasteiger partial charge in [-0.15, -0.1) is 0 Å². The lowest BCUT2D eigenvalue weighted by Crippen LogP contribution is -2.16. The molecule has 0 aliphatic carbocycles. The molecule has 2 aromatic rings. The van der Waals surface area contributed by atoms with Gasteiger partial charge in [0.15, 0.2) is 0 Å². The number of rotatable bonds is 5. The molecule has 1 amide bonds. The Morgan fingerprint density at radius 1 is 1.45 bits per heavy atom. The van der Waals surface area contributed by atoms with E-state index in [1.165, 1.54) is 6.20 Å². The molecule has 1 aromatic heterocycles. The third-order valence-corrected chi connectivity index (χ3v) is 3.39. The Kier molecular flexibility index (Phi) is 4.24. The van der Waals surface area contributed by atoms with Crippen molar-refractivity contribution in [2.45, 2.75) is 18.9 Å². The molecule has 1 aliphatic heterocycles. The van der Waals surface area contributed by atoms with Crippen molar-refractivity contribution in [1.29, 1.82) is 0 Å². The zero-order valence-electron chi connectivity index (χ0n) is 11.9. The first kappa shape index (κ1) is 14.4. The molecular weight excluding hydrogens is 286 g/mol. The molecule has 1 aromatic carbocycles. The lowest BCUT2D eigenvalue weighted by Gasteiger charge is -2.12. The number of imidazole rings is 1. The Bertz CT molecular complexity index is 701. The number of aromatic amines is 2. The van der Waals surface area contributed by atoms with Gasteiger partial charge in [0, 0.05) is 24.6 Å². The number of anilines is 1. The van der Waals surface area contributed by atoms with Crippen molar-refractivity contribution in [2.24, 2.45) is 0 Å². The fraction of sp³-hybridized carbons (Fsp3) is 0.333. The summed E-state index contributed by atoms with van der Waals surface area (Å²) in [5.74, 6) is 0.269. The van der Waals surface area contributed by atoms with E-state index in [0.29, 0.717) is 18.0 Å². The molecule has 0 spiro atoms. The van der Waals surface area contributed by atoms with Crippen LogP contribution < -0.4 is 15.7 Å². The Morgan fingerprint density at radius 2 is 2.36 bits per heavy atom. The molecule has 0 saturated carbocycles. The van der Waals surface area contributed by atoms with E-state index in [-0.39, 0.29) is 11.8 Å². The normalized spacial score (nSPS) is 17.4. The summed E-state index contributed by atoms with van der Waals surface area (Å²) in [7, 11) is 0. The monoisotopic (exact) mass is 303 g/mol. The fourth-order valence-electron chi connectivity index (χ4n) is 2.28. The molecular formula is C15H17N3O4. The van der Waals surface area contributed by atoms with Gasteiger partial charge < -0.3 is 24.8 Å². The first-order chi connectivity index (χ1) is 10.7. The summed E-state index contributed by atoms with van der Waals surface area (Å²) in [6, 6.07) is 7.10. The van der Waals surface area contributed by atoms with Gasteiger partial charge in [-0.05, 0) is 25.0 Å². The van der Waals surface area contributed by atoms with Crippen molar-refractivity contribution in [2.75, 3.05) is 18.5 Å². The highest BCUT2D eigenvalue weighted by Gasteiger charge is 2.16. The van der Waals surface area contributed by atoms with Gasteiger partial charge in [0.25, 0.3) is 5.91 Å². The number of amides is 1. The standard InChI is InChI=1S/C15H17N3O4/c19-14(13-8-16-15(20)18-13)17-10-3-1-4-11(7-10)22-9-12-5-2-6-21-12/h1,3-4,7-8,12H,2,5-6,9H2,(H,17,19)(H2,16,18,20)/t12-/m1/s1. The van der Waals surface area contributed by atoms with Gasteiger partial charge in [-0.25, -0.2) is 4.79 Å². The van der Waals surface area contributed by atoms with Gasteiger partial charge in [-0.1, -0.05) is 6.07 Å². The minimum Gasteiger partial charge on any atom is -0.491 e. The van der Waals surface area contributed by atoms with Gasteiger partial charge in [-0.3, -0.25) is 4.79 Å². The van der Waals surface area contributed by atoms with Crippen LogP contribution in [0.5, 0.6) is 5.75 Å². The van der Waals surface area contributed by atoms with Gasteiger partial charge in [-0.2, -0.15) is 0 Å². The van der Waals surface area contributed by atoms with Crippen LogP contribution in [0, 0.1) is 0 Å². The number of H-pyrrole nitrogens is 2. The molecule has 1 saturated heterocycles. The smallest absolute Gasteiger partial charge is 0.323 e. The number of ether oxygens (including phenoxy) is 2. The summed E-state index contributed by atoms with van der Waals surface area (Å²) in [5, 5.41) is 2.70. The minimum absolute atomic E-state index is 0.142. The highest BCUT2D eigenvalue weighted by atomic mass is 16.5. The lowest BCUT2D eigenvalue weighted by atomic mass is 10.2. The molecule has 116 valence electrons. The molecule has 7 nitrogen and oxygen atoms in total. The third kappa shape index (κ3) is 3.56. The summed E-state index contributed by atoms with van der Waals surface area (Å²) < 4.78 is 11.2. The highest BCUT2D eigenvalue weighted by molar-refractivity contribution is 6.02. The van der Waals surface area contributed by atoms with Crippen LogP contribution in [-0.2, 0) is 4.74 Å². The number of benzene rings is 1. The molecule has 1 atom stereocenters. The van der Waals surface area contributed by atoms with Crippen molar-refractivity contribution < 1.29 is 14.3 Å². The number of hydrogen-bond acceptors (Lipinski definition) is 4. The third-order valence-electron chi connectivity index (χ3n) is 3.39. The summed E-state index contributed by atoms with van der Waals surface area (Å²) >= 11 is 0. The van der Waals surface area contributed by atoms with Crippen LogP contribution >= 0.6 is 0 Å². The van der Waals surface area contributed by atoms with Crippen molar-refractivity contribution in [3.05, 3.63) is 46.6 Å². The average Bonchev–Trinajstić information content (AvgIpc) is 3.17. The van der Waals surface area contributed by atoms with E-state index in [2.05, 4.69) is 15.3 Å². The molecule has 22 heavy (non-hydrogen) atoms. The molecule has 0 radical (unpaired) electrons. The van der Waals surface area contributed by atoms with E-state index in [4.69, 9.17) is 9.47 Å². The predicted octanol–water partition coefficient (Wildman–Crippen LogP) is 1.51. The number of hydrogen-bond donors (Lipinski definition) is 3. The van der Waals surface area contributed by atoms with Gasteiger partial charge in [0.1, 0.15) is 18.1 Å². The van der Waals surface area contributed by atoms with Crippen LogP contribution in [0.4, 0.5) is 5.69 Å². The molecule has 3 N–H and O–H groups in total. The molecule has 0 unspecified atom stereocenters. The van der Waals surface area contributed by atoms with E-state index in [1.807, 2.05) is 6.07 Å². The molecule has 1 aliphatic rings. The molecule has 1 fully saturated rings. The van der Waals surface area contributed by atoms with E-state index >= 15 is 0 Å². The van der Waals surface area contributed by atoms with E-state index in [9.17, 15) is 9.59 Å². The summed E-state index contributed by atoms with van der Waals surface area (Å²) in [5.41, 5.74) is 0.353. The van der Waals surface area contributed by atoms with Gasteiger partial charge >= 0.3 is 5.69 Å². The van der Waals surface area contributed by atoms with Crippen molar-refractivity contribution in [1.82, 2.24) is 9.97 Å². The Balaban J connectivity index is 1.60. The highest BCUT2D eigenvalue weighted by Crippen LogP contribution is 2.20. The SMILES string of the molecule is O=C(Nc1cccc(OC[C@H]2CCCO2)c1)c1c[nH]c(=O)[nH]1. The Labute approximate surface area is 126 Å². The molecule has 7 heteroatoms. The van der Waals surface area contributed by atoms with Crippen molar-refractivity contribution >= 4 is 11.6 Å².